The van der Waals surface area contributed by atoms with E-state index in [-0.39, 0.29) is 0 Å². The molecule has 2 unspecified atom stereocenters. The van der Waals surface area contributed by atoms with Gasteiger partial charge in [-0.05, 0) is 44.6 Å². The summed E-state index contributed by atoms with van der Waals surface area (Å²) >= 11 is 0. The third kappa shape index (κ3) is 4.12. The first-order chi connectivity index (χ1) is 6.97. The van der Waals surface area contributed by atoms with E-state index in [1.807, 2.05) is 0 Å². The molecule has 2 atom stereocenters. The van der Waals surface area contributed by atoms with Crippen LogP contribution in [0.15, 0.2) is 0 Å². The van der Waals surface area contributed by atoms with Gasteiger partial charge in [-0.15, -0.1) is 0 Å². The number of ether oxygens (including phenoxy) is 1. The summed E-state index contributed by atoms with van der Waals surface area (Å²) in [5, 5.41) is 3.62. The first-order valence-corrected chi connectivity index (χ1v) is 6.32. The van der Waals surface area contributed by atoms with Gasteiger partial charge >= 0.3 is 0 Å². The number of rotatable bonds is 7. The molecule has 90 valence electrons. The van der Waals surface area contributed by atoms with Crippen molar-refractivity contribution in [1.82, 2.24) is 5.32 Å². The van der Waals surface area contributed by atoms with Gasteiger partial charge in [-0.2, -0.15) is 0 Å². The number of hydrogen-bond donors (Lipinski definition) is 1. The highest BCUT2D eigenvalue weighted by molar-refractivity contribution is 5.01. The molecule has 1 saturated carbocycles. The molecule has 1 N–H and O–H groups in total. The van der Waals surface area contributed by atoms with Crippen LogP contribution in [-0.4, -0.2) is 25.3 Å². The van der Waals surface area contributed by atoms with E-state index in [4.69, 9.17) is 4.74 Å². The van der Waals surface area contributed by atoms with Crippen LogP contribution in [0.4, 0.5) is 0 Å². The molecule has 15 heavy (non-hydrogen) atoms. The van der Waals surface area contributed by atoms with E-state index in [1.54, 1.807) is 0 Å². The zero-order valence-corrected chi connectivity index (χ0v) is 11.0. The fourth-order valence-electron chi connectivity index (χ4n) is 2.14. The topological polar surface area (TPSA) is 21.3 Å². The smallest absolute Gasteiger partial charge is 0.0626 e. The van der Waals surface area contributed by atoms with Crippen molar-refractivity contribution in [3.05, 3.63) is 0 Å². The quantitative estimate of drug-likeness (QED) is 0.702. The summed E-state index contributed by atoms with van der Waals surface area (Å²) in [4.78, 5) is 0. The first kappa shape index (κ1) is 13.0. The molecule has 0 spiro atoms. The van der Waals surface area contributed by atoms with Crippen LogP contribution in [0, 0.1) is 11.3 Å². The van der Waals surface area contributed by atoms with Gasteiger partial charge in [-0.25, -0.2) is 0 Å². The minimum Gasteiger partial charge on any atom is -0.377 e. The van der Waals surface area contributed by atoms with Crippen LogP contribution in [0.5, 0.6) is 0 Å². The summed E-state index contributed by atoms with van der Waals surface area (Å²) in [5.74, 6) is 0.808. The van der Waals surface area contributed by atoms with Crippen molar-refractivity contribution in [2.75, 3.05) is 13.2 Å². The van der Waals surface area contributed by atoms with Gasteiger partial charge in [0.1, 0.15) is 0 Å². The lowest BCUT2D eigenvalue weighted by atomic mass is 10.0. The van der Waals surface area contributed by atoms with E-state index >= 15 is 0 Å². The SMILES string of the molecule is CCCNC(COC(C)C)C1CC1(C)C. The average Bonchev–Trinajstić information content (AvgIpc) is 2.75. The Balaban J connectivity index is 2.33. The summed E-state index contributed by atoms with van der Waals surface area (Å²) in [6.45, 7) is 13.1. The highest BCUT2D eigenvalue weighted by Crippen LogP contribution is 2.53. The molecular weight excluding hydrogens is 186 g/mol. The Hall–Kier alpha value is -0.0800. The molecule has 2 nitrogen and oxygen atoms in total. The Morgan fingerprint density at radius 1 is 1.40 bits per heavy atom. The van der Waals surface area contributed by atoms with E-state index in [0.717, 1.165) is 19.1 Å². The van der Waals surface area contributed by atoms with Gasteiger partial charge in [-0.3, -0.25) is 0 Å². The normalized spacial score (nSPS) is 25.6. The van der Waals surface area contributed by atoms with Gasteiger partial charge in [-0.1, -0.05) is 20.8 Å². The molecule has 0 radical (unpaired) electrons. The third-order valence-corrected chi connectivity index (χ3v) is 3.34. The minimum absolute atomic E-state index is 0.345. The van der Waals surface area contributed by atoms with Crippen molar-refractivity contribution < 1.29 is 4.74 Å². The van der Waals surface area contributed by atoms with E-state index in [9.17, 15) is 0 Å². The molecule has 0 saturated heterocycles. The summed E-state index contributed by atoms with van der Waals surface area (Å²) < 4.78 is 5.73. The van der Waals surface area contributed by atoms with Gasteiger partial charge in [0.2, 0.25) is 0 Å². The van der Waals surface area contributed by atoms with Crippen LogP contribution >= 0.6 is 0 Å². The van der Waals surface area contributed by atoms with Crippen LogP contribution in [0.25, 0.3) is 0 Å². The van der Waals surface area contributed by atoms with Crippen molar-refractivity contribution in [1.29, 1.82) is 0 Å². The molecule has 1 aliphatic rings. The fraction of sp³-hybridized carbons (Fsp3) is 1.00. The van der Waals surface area contributed by atoms with E-state index < -0.39 is 0 Å². The lowest BCUT2D eigenvalue weighted by Crippen LogP contribution is -2.38. The van der Waals surface area contributed by atoms with Gasteiger partial charge in [0.15, 0.2) is 0 Å². The maximum absolute atomic E-state index is 5.73. The van der Waals surface area contributed by atoms with Crippen molar-refractivity contribution >= 4 is 0 Å². The standard InChI is InChI=1S/C13H27NO/c1-6-7-14-12(9-15-10(2)3)11-8-13(11,4)5/h10-12,14H,6-9H2,1-5H3. The molecular formula is C13H27NO. The Kier molecular flexibility index (Phi) is 4.60. The third-order valence-electron chi connectivity index (χ3n) is 3.34. The molecule has 1 aliphatic carbocycles. The van der Waals surface area contributed by atoms with Crippen molar-refractivity contribution in [2.45, 2.75) is 59.6 Å². The predicted octanol–water partition coefficient (Wildman–Crippen LogP) is 2.83. The summed E-state index contributed by atoms with van der Waals surface area (Å²) in [6, 6.07) is 0.558. The highest BCUT2D eigenvalue weighted by Gasteiger charge is 2.49. The van der Waals surface area contributed by atoms with Gasteiger partial charge in [0.25, 0.3) is 0 Å². The van der Waals surface area contributed by atoms with Crippen LogP contribution < -0.4 is 5.32 Å². The molecule has 0 bridgehead atoms. The highest BCUT2D eigenvalue weighted by atomic mass is 16.5. The Bertz CT molecular complexity index is 189. The lowest BCUT2D eigenvalue weighted by molar-refractivity contribution is 0.0543. The fourth-order valence-corrected chi connectivity index (χ4v) is 2.14. The molecule has 0 aromatic rings. The number of hydrogen-bond acceptors (Lipinski definition) is 2. The molecule has 2 heteroatoms. The maximum Gasteiger partial charge on any atom is 0.0626 e. The molecule has 0 aromatic heterocycles. The van der Waals surface area contributed by atoms with Gasteiger partial charge in [0.05, 0.1) is 12.7 Å². The lowest BCUT2D eigenvalue weighted by Gasteiger charge is -2.21. The van der Waals surface area contributed by atoms with Crippen molar-refractivity contribution in [2.24, 2.45) is 11.3 Å². The van der Waals surface area contributed by atoms with Crippen LogP contribution in [-0.2, 0) is 4.74 Å². The van der Waals surface area contributed by atoms with Crippen LogP contribution in [0.3, 0.4) is 0 Å². The van der Waals surface area contributed by atoms with Gasteiger partial charge < -0.3 is 10.1 Å². The molecule has 1 rings (SSSR count). The van der Waals surface area contributed by atoms with Crippen molar-refractivity contribution in [3.8, 4) is 0 Å². The monoisotopic (exact) mass is 213 g/mol. The molecule has 0 aliphatic heterocycles. The zero-order valence-electron chi connectivity index (χ0n) is 11.0. The minimum atomic E-state index is 0.345. The Morgan fingerprint density at radius 2 is 2.00 bits per heavy atom. The average molecular weight is 213 g/mol. The number of nitrogens with one attached hydrogen (secondary N) is 1. The molecule has 0 heterocycles. The van der Waals surface area contributed by atoms with E-state index in [1.165, 1.54) is 12.8 Å². The second kappa shape index (κ2) is 5.31. The van der Waals surface area contributed by atoms with Crippen LogP contribution in [0.2, 0.25) is 0 Å². The van der Waals surface area contributed by atoms with E-state index in [0.29, 0.717) is 17.6 Å². The van der Waals surface area contributed by atoms with Gasteiger partial charge in [0, 0.05) is 6.04 Å². The molecule has 0 amide bonds. The second-order valence-electron chi connectivity index (χ2n) is 5.74. The largest absolute Gasteiger partial charge is 0.377 e. The zero-order chi connectivity index (χ0) is 11.5. The molecule has 1 fully saturated rings. The summed E-state index contributed by atoms with van der Waals surface area (Å²) in [6.07, 6.45) is 2.89. The van der Waals surface area contributed by atoms with Crippen molar-refractivity contribution in [3.63, 3.8) is 0 Å². The predicted molar refractivity (Wildman–Crippen MR) is 65.1 cm³/mol. The molecule has 0 aromatic carbocycles. The summed E-state index contributed by atoms with van der Waals surface area (Å²) in [5.41, 5.74) is 0.533. The van der Waals surface area contributed by atoms with Crippen LogP contribution in [0.1, 0.15) is 47.5 Å². The summed E-state index contributed by atoms with van der Waals surface area (Å²) in [7, 11) is 0. The Morgan fingerprint density at radius 3 is 2.40 bits per heavy atom. The first-order valence-electron chi connectivity index (χ1n) is 6.32. The second-order valence-corrected chi connectivity index (χ2v) is 5.74. The van der Waals surface area contributed by atoms with E-state index in [2.05, 4.69) is 39.9 Å². The Labute approximate surface area is 94.8 Å². The maximum atomic E-state index is 5.73.